The molecule has 13 heavy (non-hydrogen) atoms. The Balaban J connectivity index is 3.03. The Labute approximate surface area is 89.8 Å². The van der Waals surface area contributed by atoms with Crippen LogP contribution in [0.3, 0.4) is 0 Å². The first kappa shape index (κ1) is 11.0. The van der Waals surface area contributed by atoms with Crippen LogP contribution in [0.25, 0.3) is 0 Å². The molecule has 2 atom stereocenters. The minimum Gasteiger partial charge on any atom is -0.218 e. The maximum Gasteiger partial charge on any atom is 0.231 e. The van der Waals surface area contributed by atoms with Crippen LogP contribution in [0.1, 0.15) is 0 Å². The van der Waals surface area contributed by atoms with E-state index in [2.05, 4.69) is 0 Å². The Morgan fingerprint density at radius 1 is 1.00 bits per heavy atom. The smallest absolute Gasteiger partial charge is 0.218 e. The number of rotatable bonds is 3. The molecule has 0 fully saturated rings. The van der Waals surface area contributed by atoms with Crippen molar-refractivity contribution >= 4 is 47.5 Å². The molecule has 0 spiro atoms. The summed E-state index contributed by atoms with van der Waals surface area (Å²) in [7, 11) is 6.77. The van der Waals surface area contributed by atoms with E-state index in [0.29, 0.717) is 5.69 Å². The highest BCUT2D eigenvalue weighted by molar-refractivity contribution is 8.24. The van der Waals surface area contributed by atoms with Crippen molar-refractivity contribution in [2.75, 3.05) is 3.71 Å². The second-order valence-corrected chi connectivity index (χ2v) is 5.38. The number of benzene rings is 1. The monoisotopic (exact) mass is 257 g/mol. The third kappa shape index (κ3) is 2.95. The van der Waals surface area contributed by atoms with E-state index in [9.17, 15) is 8.42 Å². The number of anilines is 1. The van der Waals surface area contributed by atoms with Crippen LogP contribution in [-0.4, -0.2) is 8.42 Å². The number of para-hydroxylation sites is 1. The van der Waals surface area contributed by atoms with Crippen molar-refractivity contribution < 1.29 is 8.42 Å². The first-order chi connectivity index (χ1) is 6.13. The van der Waals surface area contributed by atoms with E-state index in [4.69, 9.17) is 21.4 Å². The van der Waals surface area contributed by atoms with Gasteiger partial charge >= 0.3 is 0 Å². The standard InChI is InChI=1S/C6H5Cl2NO2S2/c7-12(10)9(13(8)11)6-4-2-1-3-5-6/h1-5H. The summed E-state index contributed by atoms with van der Waals surface area (Å²) in [5.41, 5.74) is 0.448. The van der Waals surface area contributed by atoms with Crippen molar-refractivity contribution in [1.82, 2.24) is 0 Å². The molecule has 0 aliphatic rings. The van der Waals surface area contributed by atoms with Crippen LogP contribution >= 0.6 is 21.4 Å². The average molecular weight is 258 g/mol. The summed E-state index contributed by atoms with van der Waals surface area (Å²) in [5, 5.41) is 0. The van der Waals surface area contributed by atoms with Crippen LogP contribution in [-0.2, 0) is 20.4 Å². The van der Waals surface area contributed by atoms with Crippen LogP contribution in [0.15, 0.2) is 30.3 Å². The largest absolute Gasteiger partial charge is 0.231 e. The van der Waals surface area contributed by atoms with Crippen LogP contribution in [0.4, 0.5) is 5.69 Å². The summed E-state index contributed by atoms with van der Waals surface area (Å²) < 4.78 is 22.7. The molecule has 7 heteroatoms. The van der Waals surface area contributed by atoms with E-state index in [1.165, 1.54) is 0 Å². The molecular weight excluding hydrogens is 253 g/mol. The Bertz CT molecular complexity index is 319. The van der Waals surface area contributed by atoms with Crippen molar-refractivity contribution in [3.8, 4) is 0 Å². The molecule has 0 radical (unpaired) electrons. The van der Waals surface area contributed by atoms with Crippen LogP contribution < -0.4 is 3.71 Å². The number of hydrogen-bond donors (Lipinski definition) is 0. The van der Waals surface area contributed by atoms with E-state index in [1.807, 2.05) is 0 Å². The Hall–Kier alpha value is -0.100. The molecule has 0 bridgehead atoms. The zero-order valence-electron chi connectivity index (χ0n) is 6.22. The van der Waals surface area contributed by atoms with Crippen molar-refractivity contribution in [2.24, 2.45) is 0 Å². The molecule has 0 saturated carbocycles. The number of hydrogen-bond acceptors (Lipinski definition) is 2. The zero-order chi connectivity index (χ0) is 9.84. The van der Waals surface area contributed by atoms with Crippen molar-refractivity contribution in [3.05, 3.63) is 30.3 Å². The van der Waals surface area contributed by atoms with Gasteiger partial charge in [-0.15, -0.1) is 0 Å². The van der Waals surface area contributed by atoms with Gasteiger partial charge in [0.2, 0.25) is 20.4 Å². The quantitative estimate of drug-likeness (QED) is 0.779. The fourth-order valence-electron chi connectivity index (χ4n) is 0.762. The number of nitrogens with zero attached hydrogens (tertiary/aromatic N) is 1. The second kappa shape index (κ2) is 4.95. The van der Waals surface area contributed by atoms with Gasteiger partial charge in [0, 0.05) is 21.4 Å². The predicted molar refractivity (Wildman–Crippen MR) is 56.9 cm³/mol. The van der Waals surface area contributed by atoms with Crippen molar-refractivity contribution in [1.29, 1.82) is 0 Å². The number of halogens is 2. The molecule has 0 aliphatic carbocycles. The zero-order valence-corrected chi connectivity index (χ0v) is 9.37. The van der Waals surface area contributed by atoms with Gasteiger partial charge in [-0.2, -0.15) is 3.71 Å². The molecule has 1 aromatic rings. The molecule has 0 N–H and O–H groups in total. The first-order valence-electron chi connectivity index (χ1n) is 3.14. The maximum absolute atomic E-state index is 10.9. The second-order valence-electron chi connectivity index (χ2n) is 2.01. The van der Waals surface area contributed by atoms with E-state index in [1.54, 1.807) is 30.3 Å². The van der Waals surface area contributed by atoms with Crippen molar-refractivity contribution in [3.63, 3.8) is 0 Å². The summed E-state index contributed by atoms with van der Waals surface area (Å²) in [6.45, 7) is 0. The van der Waals surface area contributed by atoms with Gasteiger partial charge in [0.05, 0.1) is 5.69 Å². The molecule has 0 saturated heterocycles. The Morgan fingerprint density at radius 2 is 1.46 bits per heavy atom. The van der Waals surface area contributed by atoms with Gasteiger partial charge in [-0.05, 0) is 12.1 Å². The van der Waals surface area contributed by atoms with Crippen molar-refractivity contribution in [2.45, 2.75) is 0 Å². The lowest BCUT2D eigenvalue weighted by Crippen LogP contribution is -2.20. The topological polar surface area (TPSA) is 37.4 Å². The van der Waals surface area contributed by atoms with Gasteiger partial charge in [-0.25, -0.2) is 8.42 Å². The Kier molecular flexibility index (Phi) is 4.18. The summed E-state index contributed by atoms with van der Waals surface area (Å²) in [4.78, 5) is 0. The lowest BCUT2D eigenvalue weighted by Gasteiger charge is -2.13. The van der Waals surface area contributed by atoms with E-state index >= 15 is 0 Å². The lowest BCUT2D eigenvalue weighted by atomic mass is 10.3. The summed E-state index contributed by atoms with van der Waals surface area (Å²) in [5.74, 6) is 0. The molecule has 0 aliphatic heterocycles. The molecule has 1 aromatic carbocycles. The highest BCUT2D eigenvalue weighted by atomic mass is 35.7. The van der Waals surface area contributed by atoms with Gasteiger partial charge in [0.1, 0.15) is 0 Å². The van der Waals surface area contributed by atoms with Crippen LogP contribution in [0.5, 0.6) is 0 Å². The van der Waals surface area contributed by atoms with E-state index in [0.717, 1.165) is 3.71 Å². The van der Waals surface area contributed by atoms with Gasteiger partial charge < -0.3 is 0 Å². The van der Waals surface area contributed by atoms with Crippen LogP contribution in [0, 0.1) is 0 Å². The van der Waals surface area contributed by atoms with Gasteiger partial charge in [-0.1, -0.05) is 18.2 Å². The molecule has 0 heterocycles. The average Bonchev–Trinajstić information content (AvgIpc) is 2.04. The lowest BCUT2D eigenvalue weighted by molar-refractivity contribution is 0.685. The van der Waals surface area contributed by atoms with Gasteiger partial charge in [-0.3, -0.25) is 0 Å². The van der Waals surface area contributed by atoms with Gasteiger partial charge in [0.15, 0.2) is 0 Å². The minimum absolute atomic E-state index is 0.448. The summed E-state index contributed by atoms with van der Waals surface area (Å²) >= 11 is 0. The minimum atomic E-state index is -1.91. The normalized spacial score (nSPS) is 14.9. The molecule has 2 unspecified atom stereocenters. The molecule has 0 aromatic heterocycles. The molecule has 1 rings (SSSR count). The summed E-state index contributed by atoms with van der Waals surface area (Å²) in [6.07, 6.45) is 0. The fourth-order valence-corrected chi connectivity index (χ4v) is 3.36. The highest BCUT2D eigenvalue weighted by Crippen LogP contribution is 2.20. The molecule has 0 amide bonds. The fraction of sp³-hybridized carbons (Fsp3) is 0. The SMILES string of the molecule is O=S(Cl)N(c1ccccc1)S(=O)Cl. The molecule has 72 valence electrons. The van der Waals surface area contributed by atoms with Crippen LogP contribution in [0.2, 0.25) is 0 Å². The first-order valence-corrected chi connectivity index (χ1v) is 7.01. The van der Waals surface area contributed by atoms with E-state index < -0.39 is 20.4 Å². The third-order valence-corrected chi connectivity index (χ3v) is 4.30. The summed E-state index contributed by atoms with van der Waals surface area (Å²) in [6, 6.07) is 8.41. The Morgan fingerprint density at radius 3 is 1.85 bits per heavy atom. The molecular formula is C6H5Cl2NO2S2. The highest BCUT2D eigenvalue weighted by Gasteiger charge is 2.17. The predicted octanol–water partition coefficient (Wildman–Crippen LogP) is 2.13. The van der Waals surface area contributed by atoms with Gasteiger partial charge in [0.25, 0.3) is 0 Å². The molecule has 3 nitrogen and oxygen atoms in total. The van der Waals surface area contributed by atoms with E-state index in [-0.39, 0.29) is 0 Å². The maximum atomic E-state index is 10.9. The third-order valence-electron chi connectivity index (χ3n) is 1.23.